The van der Waals surface area contributed by atoms with Crippen molar-refractivity contribution in [3.05, 3.63) is 24.1 Å². The van der Waals surface area contributed by atoms with E-state index in [0.717, 1.165) is 0 Å². The minimum Gasteiger partial charge on any atom is -0.497 e. The maximum Gasteiger partial charge on any atom is 0.318 e. The number of hydrogen-bond acceptors (Lipinski definition) is 8. The topological polar surface area (TPSA) is 98.0 Å². The molecule has 0 bridgehead atoms. The van der Waals surface area contributed by atoms with Gasteiger partial charge in [-0.15, -0.1) is 5.10 Å². The highest BCUT2D eigenvalue weighted by atomic mass is 32.2. The smallest absolute Gasteiger partial charge is 0.318 e. The van der Waals surface area contributed by atoms with Crippen LogP contribution in [-0.4, -0.2) is 63.3 Å². The first-order valence-corrected chi connectivity index (χ1v) is 9.17. The lowest BCUT2D eigenvalue weighted by molar-refractivity contribution is 0.361. The zero-order valence-corrected chi connectivity index (χ0v) is 15.1. The third kappa shape index (κ3) is 3.40. The summed E-state index contributed by atoms with van der Waals surface area (Å²) in [7, 11) is -0.721. The summed E-state index contributed by atoms with van der Waals surface area (Å²) in [5.41, 5.74) is 0. The Hall–Kier alpha value is -2.33. The molecule has 0 atom stereocenters. The van der Waals surface area contributed by atoms with Crippen LogP contribution in [0.15, 0.2) is 27.5 Å². The number of aromatic nitrogens is 2. The Morgan fingerprint density at radius 2 is 1.80 bits per heavy atom. The molecule has 25 heavy (non-hydrogen) atoms. The number of nitrogens with zero attached hydrogens (tertiary/aromatic N) is 4. The number of aryl methyl sites for hydroxylation is 1. The fourth-order valence-electron chi connectivity index (χ4n) is 2.66. The molecular formula is C15H20N4O5S. The predicted molar refractivity (Wildman–Crippen MR) is 89.6 cm³/mol. The molecule has 3 rings (SSSR count). The van der Waals surface area contributed by atoms with Crippen molar-refractivity contribution in [3.8, 4) is 11.5 Å². The molecule has 2 heterocycles. The summed E-state index contributed by atoms with van der Waals surface area (Å²) in [6.07, 6.45) is 0. The predicted octanol–water partition coefficient (Wildman–Crippen LogP) is 0.906. The molecule has 1 aromatic carbocycles. The maximum atomic E-state index is 12.9. The van der Waals surface area contributed by atoms with Gasteiger partial charge in [-0.3, -0.25) is 0 Å². The van der Waals surface area contributed by atoms with Gasteiger partial charge in [0.15, 0.2) is 0 Å². The third-order valence-electron chi connectivity index (χ3n) is 4.01. The Kier molecular flexibility index (Phi) is 4.82. The van der Waals surface area contributed by atoms with Crippen LogP contribution in [0.1, 0.15) is 5.89 Å². The van der Waals surface area contributed by atoms with Gasteiger partial charge in [0, 0.05) is 39.2 Å². The number of methoxy groups -OCH3 is 2. The highest BCUT2D eigenvalue weighted by molar-refractivity contribution is 7.89. The zero-order chi connectivity index (χ0) is 18.0. The van der Waals surface area contributed by atoms with Gasteiger partial charge in [0.2, 0.25) is 15.9 Å². The monoisotopic (exact) mass is 368 g/mol. The van der Waals surface area contributed by atoms with Crippen LogP contribution in [0.5, 0.6) is 11.5 Å². The first-order valence-electron chi connectivity index (χ1n) is 7.73. The number of benzene rings is 1. The van der Waals surface area contributed by atoms with Crippen LogP contribution < -0.4 is 14.4 Å². The quantitative estimate of drug-likeness (QED) is 0.768. The van der Waals surface area contributed by atoms with E-state index in [1.165, 1.54) is 24.6 Å². The number of piperazine rings is 1. The molecular weight excluding hydrogens is 348 g/mol. The molecule has 0 radical (unpaired) electrons. The molecule has 0 spiro atoms. The zero-order valence-electron chi connectivity index (χ0n) is 14.3. The highest BCUT2D eigenvalue weighted by Crippen LogP contribution is 2.31. The Bertz CT molecular complexity index is 843. The van der Waals surface area contributed by atoms with E-state index in [9.17, 15) is 8.42 Å². The molecule has 1 saturated heterocycles. The van der Waals surface area contributed by atoms with E-state index in [-0.39, 0.29) is 10.6 Å². The molecule has 136 valence electrons. The molecule has 9 nitrogen and oxygen atoms in total. The molecule has 1 aliphatic heterocycles. The second-order valence-corrected chi connectivity index (χ2v) is 7.42. The minimum absolute atomic E-state index is 0.123. The lowest BCUT2D eigenvalue weighted by atomic mass is 10.3. The van der Waals surface area contributed by atoms with Gasteiger partial charge in [0.25, 0.3) is 0 Å². The van der Waals surface area contributed by atoms with Crippen molar-refractivity contribution in [2.75, 3.05) is 45.3 Å². The number of hydrogen-bond donors (Lipinski definition) is 0. The summed E-state index contributed by atoms with van der Waals surface area (Å²) >= 11 is 0. The van der Waals surface area contributed by atoms with Gasteiger partial charge in [-0.2, -0.15) is 4.31 Å². The van der Waals surface area contributed by atoms with Crippen LogP contribution >= 0.6 is 0 Å². The van der Waals surface area contributed by atoms with E-state index < -0.39 is 10.0 Å². The van der Waals surface area contributed by atoms with Gasteiger partial charge < -0.3 is 18.8 Å². The molecule has 0 unspecified atom stereocenters. The Balaban J connectivity index is 1.78. The van der Waals surface area contributed by atoms with Gasteiger partial charge in [-0.1, -0.05) is 5.10 Å². The molecule has 1 fully saturated rings. The molecule has 0 saturated carbocycles. The lowest BCUT2D eigenvalue weighted by Crippen LogP contribution is -2.48. The van der Waals surface area contributed by atoms with Crippen LogP contribution in [0, 0.1) is 6.92 Å². The standard InChI is InChI=1S/C15H20N4O5S/c1-11-16-17-15(24-11)18-6-8-19(9-7-18)25(20,21)14-5-4-12(22-2)10-13(14)23-3/h4-5,10H,6-9H2,1-3H3. The van der Waals surface area contributed by atoms with Crippen molar-refractivity contribution in [1.29, 1.82) is 0 Å². The number of anilines is 1. The van der Waals surface area contributed by atoms with E-state index >= 15 is 0 Å². The molecule has 10 heteroatoms. The lowest BCUT2D eigenvalue weighted by Gasteiger charge is -2.33. The minimum atomic E-state index is -3.67. The fourth-order valence-corrected chi connectivity index (χ4v) is 4.22. The third-order valence-corrected chi connectivity index (χ3v) is 5.95. The molecule has 0 N–H and O–H groups in total. The summed E-state index contributed by atoms with van der Waals surface area (Å²) < 4.78 is 43.1. The van der Waals surface area contributed by atoms with E-state index in [4.69, 9.17) is 13.9 Å². The van der Waals surface area contributed by atoms with Crippen molar-refractivity contribution in [2.24, 2.45) is 0 Å². The summed E-state index contributed by atoms with van der Waals surface area (Å²) in [4.78, 5) is 2.00. The first kappa shape index (κ1) is 17.5. The van der Waals surface area contributed by atoms with Gasteiger partial charge >= 0.3 is 6.01 Å². The van der Waals surface area contributed by atoms with E-state index in [0.29, 0.717) is 43.8 Å². The maximum absolute atomic E-state index is 12.9. The van der Waals surface area contributed by atoms with Crippen LogP contribution in [0.4, 0.5) is 6.01 Å². The van der Waals surface area contributed by atoms with Gasteiger partial charge in [0.05, 0.1) is 14.2 Å². The van der Waals surface area contributed by atoms with Crippen molar-refractivity contribution in [3.63, 3.8) is 0 Å². The van der Waals surface area contributed by atoms with Crippen LogP contribution in [-0.2, 0) is 10.0 Å². The number of ether oxygens (including phenoxy) is 2. The van der Waals surface area contributed by atoms with Gasteiger partial charge in [0.1, 0.15) is 16.4 Å². The van der Waals surface area contributed by atoms with Gasteiger partial charge in [-0.05, 0) is 12.1 Å². The van der Waals surface area contributed by atoms with E-state index in [1.54, 1.807) is 19.1 Å². The SMILES string of the molecule is COc1ccc(S(=O)(=O)N2CCN(c3nnc(C)o3)CC2)c(OC)c1. The van der Waals surface area contributed by atoms with Crippen molar-refractivity contribution < 1.29 is 22.3 Å². The highest BCUT2D eigenvalue weighted by Gasteiger charge is 2.32. The first-order chi connectivity index (χ1) is 12.0. The second-order valence-electron chi connectivity index (χ2n) is 5.51. The largest absolute Gasteiger partial charge is 0.497 e. The van der Waals surface area contributed by atoms with Crippen molar-refractivity contribution in [1.82, 2.24) is 14.5 Å². The molecule has 2 aromatic rings. The fraction of sp³-hybridized carbons (Fsp3) is 0.467. The van der Waals surface area contributed by atoms with Crippen molar-refractivity contribution in [2.45, 2.75) is 11.8 Å². The Labute approximate surface area is 146 Å². The van der Waals surface area contributed by atoms with E-state index in [1.807, 2.05) is 4.90 Å². The molecule has 1 aromatic heterocycles. The molecule has 0 aliphatic carbocycles. The Morgan fingerprint density at radius 3 is 2.36 bits per heavy atom. The average molecular weight is 368 g/mol. The van der Waals surface area contributed by atoms with Crippen LogP contribution in [0.25, 0.3) is 0 Å². The number of sulfonamides is 1. The normalized spacial score (nSPS) is 16.0. The van der Waals surface area contributed by atoms with Crippen molar-refractivity contribution >= 4 is 16.0 Å². The second kappa shape index (κ2) is 6.89. The van der Waals surface area contributed by atoms with Crippen LogP contribution in [0.3, 0.4) is 0 Å². The van der Waals surface area contributed by atoms with E-state index in [2.05, 4.69) is 10.2 Å². The summed E-state index contributed by atoms with van der Waals surface area (Å²) in [5.74, 6) is 1.27. The van der Waals surface area contributed by atoms with Gasteiger partial charge in [-0.25, -0.2) is 8.42 Å². The summed E-state index contributed by atoms with van der Waals surface area (Å²) in [6.45, 7) is 3.30. The molecule has 1 aliphatic rings. The Morgan fingerprint density at radius 1 is 1.08 bits per heavy atom. The average Bonchev–Trinajstić information content (AvgIpc) is 3.07. The van der Waals surface area contributed by atoms with Crippen LogP contribution in [0.2, 0.25) is 0 Å². The summed E-state index contributed by atoms with van der Waals surface area (Å²) in [5, 5.41) is 7.77. The molecule has 0 amide bonds. The summed E-state index contributed by atoms with van der Waals surface area (Å²) in [6, 6.07) is 5.08. The number of rotatable bonds is 5.